The highest BCUT2D eigenvalue weighted by atomic mass is 14.9. The van der Waals surface area contributed by atoms with Crippen molar-refractivity contribution in [1.82, 2.24) is 15.3 Å². The molecule has 0 spiro atoms. The standard InChI is InChI=1S/C17H23N3/c1-14(19-12-16-9-10-18-13-20-16)11-17(2,3)15-7-5-4-6-8-15/h4-10,13-14,19H,11-12H2,1-3H3. The lowest BCUT2D eigenvalue weighted by molar-refractivity contribution is 0.387. The molecule has 0 aliphatic heterocycles. The Morgan fingerprint density at radius 1 is 1.15 bits per heavy atom. The van der Waals surface area contributed by atoms with Gasteiger partial charge in [-0.25, -0.2) is 9.97 Å². The molecular weight excluding hydrogens is 246 g/mol. The van der Waals surface area contributed by atoms with Crippen molar-refractivity contribution in [3.8, 4) is 0 Å². The first kappa shape index (κ1) is 14.7. The van der Waals surface area contributed by atoms with E-state index in [4.69, 9.17) is 0 Å². The lowest BCUT2D eigenvalue weighted by Gasteiger charge is -2.29. The summed E-state index contributed by atoms with van der Waals surface area (Å²) >= 11 is 0. The normalized spacial score (nSPS) is 13.2. The first-order valence-corrected chi connectivity index (χ1v) is 7.12. The molecule has 1 N–H and O–H groups in total. The van der Waals surface area contributed by atoms with Gasteiger partial charge in [0.15, 0.2) is 0 Å². The van der Waals surface area contributed by atoms with Crippen LogP contribution in [-0.4, -0.2) is 16.0 Å². The molecule has 106 valence electrons. The Labute approximate surface area is 121 Å². The van der Waals surface area contributed by atoms with E-state index in [1.165, 1.54) is 5.56 Å². The quantitative estimate of drug-likeness (QED) is 0.874. The minimum atomic E-state index is 0.166. The van der Waals surface area contributed by atoms with Crippen molar-refractivity contribution in [2.45, 2.75) is 45.2 Å². The van der Waals surface area contributed by atoms with E-state index in [1.807, 2.05) is 6.07 Å². The summed E-state index contributed by atoms with van der Waals surface area (Å²) in [5.41, 5.74) is 2.58. The number of nitrogens with one attached hydrogen (secondary N) is 1. The number of rotatable bonds is 6. The van der Waals surface area contributed by atoms with Crippen LogP contribution >= 0.6 is 0 Å². The molecule has 1 aromatic carbocycles. The van der Waals surface area contributed by atoms with Crippen LogP contribution in [0.4, 0.5) is 0 Å². The number of aromatic nitrogens is 2. The first-order chi connectivity index (χ1) is 9.58. The summed E-state index contributed by atoms with van der Waals surface area (Å²) in [4.78, 5) is 8.16. The summed E-state index contributed by atoms with van der Waals surface area (Å²) in [5, 5.41) is 3.53. The fraction of sp³-hybridized carbons (Fsp3) is 0.412. The van der Waals surface area contributed by atoms with Crippen LogP contribution in [0, 0.1) is 0 Å². The molecule has 0 radical (unpaired) electrons. The zero-order valence-corrected chi connectivity index (χ0v) is 12.5. The van der Waals surface area contributed by atoms with Crippen LogP contribution in [-0.2, 0) is 12.0 Å². The molecule has 0 bridgehead atoms. The third-order valence-corrected chi connectivity index (χ3v) is 3.65. The zero-order chi connectivity index (χ0) is 14.4. The summed E-state index contributed by atoms with van der Waals surface area (Å²) < 4.78 is 0. The molecule has 0 aliphatic rings. The lowest BCUT2D eigenvalue weighted by Crippen LogP contribution is -2.33. The molecule has 3 heteroatoms. The molecular formula is C17H23N3. The fourth-order valence-corrected chi connectivity index (χ4v) is 2.55. The van der Waals surface area contributed by atoms with Gasteiger partial charge in [0.25, 0.3) is 0 Å². The van der Waals surface area contributed by atoms with Crippen molar-refractivity contribution >= 4 is 0 Å². The Balaban J connectivity index is 1.89. The van der Waals surface area contributed by atoms with Crippen LogP contribution in [0.2, 0.25) is 0 Å². The van der Waals surface area contributed by atoms with Crippen LogP contribution in [0.3, 0.4) is 0 Å². The SMILES string of the molecule is CC(CC(C)(C)c1ccccc1)NCc1ccncn1. The van der Waals surface area contributed by atoms with Crippen LogP contribution in [0.1, 0.15) is 38.4 Å². The Morgan fingerprint density at radius 2 is 1.90 bits per heavy atom. The predicted molar refractivity (Wildman–Crippen MR) is 82.4 cm³/mol. The second kappa shape index (κ2) is 6.62. The van der Waals surface area contributed by atoms with E-state index in [0.717, 1.165) is 18.7 Å². The lowest BCUT2D eigenvalue weighted by atomic mass is 9.79. The monoisotopic (exact) mass is 269 g/mol. The van der Waals surface area contributed by atoms with Crippen LogP contribution in [0.25, 0.3) is 0 Å². The highest BCUT2D eigenvalue weighted by Crippen LogP contribution is 2.28. The molecule has 2 aromatic rings. The largest absolute Gasteiger partial charge is 0.309 e. The van der Waals surface area contributed by atoms with E-state index in [2.05, 4.69) is 66.4 Å². The van der Waals surface area contributed by atoms with Gasteiger partial charge in [0.05, 0.1) is 5.69 Å². The van der Waals surface area contributed by atoms with Crippen molar-refractivity contribution in [2.24, 2.45) is 0 Å². The Bertz CT molecular complexity index is 508. The number of benzene rings is 1. The highest BCUT2D eigenvalue weighted by Gasteiger charge is 2.22. The van der Waals surface area contributed by atoms with Gasteiger partial charge in [-0.1, -0.05) is 44.2 Å². The summed E-state index contributed by atoms with van der Waals surface area (Å²) in [5.74, 6) is 0. The minimum Gasteiger partial charge on any atom is -0.309 e. The van der Waals surface area contributed by atoms with Crippen LogP contribution < -0.4 is 5.32 Å². The van der Waals surface area contributed by atoms with Crippen molar-refractivity contribution in [2.75, 3.05) is 0 Å². The number of hydrogen-bond donors (Lipinski definition) is 1. The molecule has 0 saturated carbocycles. The van der Waals surface area contributed by atoms with E-state index in [9.17, 15) is 0 Å². The van der Waals surface area contributed by atoms with E-state index in [0.29, 0.717) is 6.04 Å². The number of hydrogen-bond acceptors (Lipinski definition) is 3. The van der Waals surface area contributed by atoms with E-state index in [-0.39, 0.29) is 5.41 Å². The molecule has 1 aromatic heterocycles. The number of nitrogens with zero attached hydrogens (tertiary/aromatic N) is 2. The smallest absolute Gasteiger partial charge is 0.115 e. The fourth-order valence-electron chi connectivity index (χ4n) is 2.55. The van der Waals surface area contributed by atoms with Gasteiger partial charge in [-0.3, -0.25) is 0 Å². The summed E-state index contributed by atoms with van der Waals surface area (Å²) in [6.07, 6.45) is 4.46. The Kier molecular flexibility index (Phi) is 4.85. The summed E-state index contributed by atoms with van der Waals surface area (Å²) in [6, 6.07) is 13.1. The summed E-state index contributed by atoms with van der Waals surface area (Å²) in [6.45, 7) is 7.61. The third kappa shape index (κ3) is 4.14. The third-order valence-electron chi connectivity index (χ3n) is 3.65. The zero-order valence-electron chi connectivity index (χ0n) is 12.5. The predicted octanol–water partition coefficient (Wildman–Crippen LogP) is 3.32. The van der Waals surface area contributed by atoms with Gasteiger partial charge in [-0.05, 0) is 30.4 Å². The van der Waals surface area contributed by atoms with E-state index < -0.39 is 0 Å². The van der Waals surface area contributed by atoms with E-state index in [1.54, 1.807) is 12.5 Å². The van der Waals surface area contributed by atoms with Gasteiger partial charge in [0, 0.05) is 18.8 Å². The van der Waals surface area contributed by atoms with Crippen molar-refractivity contribution in [1.29, 1.82) is 0 Å². The highest BCUT2D eigenvalue weighted by molar-refractivity contribution is 5.23. The van der Waals surface area contributed by atoms with Gasteiger partial charge >= 0.3 is 0 Å². The van der Waals surface area contributed by atoms with Crippen LogP contribution in [0.15, 0.2) is 48.9 Å². The maximum Gasteiger partial charge on any atom is 0.115 e. The van der Waals surface area contributed by atoms with Gasteiger partial charge in [0.2, 0.25) is 0 Å². The van der Waals surface area contributed by atoms with Crippen LogP contribution in [0.5, 0.6) is 0 Å². The maximum atomic E-state index is 4.23. The molecule has 2 rings (SSSR count). The minimum absolute atomic E-state index is 0.166. The molecule has 0 amide bonds. The molecule has 0 fully saturated rings. The second-order valence-electron chi connectivity index (χ2n) is 5.94. The average molecular weight is 269 g/mol. The molecule has 0 saturated heterocycles. The van der Waals surface area contributed by atoms with Gasteiger partial charge in [-0.15, -0.1) is 0 Å². The molecule has 0 aliphatic carbocycles. The van der Waals surface area contributed by atoms with Crippen molar-refractivity contribution in [3.63, 3.8) is 0 Å². The molecule has 3 nitrogen and oxygen atoms in total. The Morgan fingerprint density at radius 3 is 2.55 bits per heavy atom. The van der Waals surface area contributed by atoms with Crippen molar-refractivity contribution in [3.05, 3.63) is 60.2 Å². The van der Waals surface area contributed by atoms with E-state index >= 15 is 0 Å². The second-order valence-corrected chi connectivity index (χ2v) is 5.94. The van der Waals surface area contributed by atoms with Crippen molar-refractivity contribution < 1.29 is 0 Å². The topological polar surface area (TPSA) is 37.8 Å². The Hall–Kier alpha value is -1.74. The maximum absolute atomic E-state index is 4.23. The molecule has 1 atom stereocenters. The van der Waals surface area contributed by atoms with Gasteiger partial charge < -0.3 is 5.32 Å². The average Bonchev–Trinajstić information content (AvgIpc) is 2.47. The molecule has 1 heterocycles. The summed E-state index contributed by atoms with van der Waals surface area (Å²) in [7, 11) is 0. The first-order valence-electron chi connectivity index (χ1n) is 7.12. The molecule has 20 heavy (non-hydrogen) atoms. The van der Waals surface area contributed by atoms with Gasteiger partial charge in [-0.2, -0.15) is 0 Å². The molecule has 1 unspecified atom stereocenters. The van der Waals surface area contributed by atoms with Gasteiger partial charge in [0.1, 0.15) is 6.33 Å².